The van der Waals surface area contributed by atoms with Gasteiger partial charge in [0.2, 0.25) is 15.9 Å². The Morgan fingerprint density at radius 3 is 2.47 bits per heavy atom. The Morgan fingerprint density at radius 1 is 1.32 bits per heavy atom. The lowest BCUT2D eigenvalue weighted by Crippen LogP contribution is -2.35. The molecule has 7 nitrogen and oxygen atoms in total. The van der Waals surface area contributed by atoms with E-state index >= 15 is 0 Å². The number of hydrogen-bond donors (Lipinski definition) is 3. The van der Waals surface area contributed by atoms with Gasteiger partial charge in [-0.3, -0.25) is 4.79 Å². The van der Waals surface area contributed by atoms with Crippen LogP contribution in [0.5, 0.6) is 0 Å². The van der Waals surface area contributed by atoms with Crippen LogP contribution in [0.25, 0.3) is 0 Å². The molecular weight excluding hydrogens is 272 g/mol. The van der Waals surface area contributed by atoms with Crippen LogP contribution in [-0.2, 0) is 14.8 Å². The molecule has 0 bridgehead atoms. The Hall–Kier alpha value is -1.93. The highest BCUT2D eigenvalue weighted by Gasteiger charge is 2.20. The molecule has 0 fully saturated rings. The fourth-order valence-electron chi connectivity index (χ4n) is 1.46. The van der Waals surface area contributed by atoms with Gasteiger partial charge < -0.3 is 10.4 Å². The first-order valence-electron chi connectivity index (χ1n) is 5.32. The lowest BCUT2D eigenvalue weighted by molar-refractivity contribution is -0.119. The van der Waals surface area contributed by atoms with Crippen molar-refractivity contribution in [2.24, 2.45) is 0 Å². The van der Waals surface area contributed by atoms with E-state index in [-0.39, 0.29) is 16.0 Å². The minimum Gasteiger partial charge on any atom is -0.478 e. The molecule has 3 N–H and O–H groups in total. The van der Waals surface area contributed by atoms with Crippen molar-refractivity contribution in [3.63, 3.8) is 0 Å². The van der Waals surface area contributed by atoms with Gasteiger partial charge in [-0.2, -0.15) is 0 Å². The zero-order valence-electron chi connectivity index (χ0n) is 10.4. The summed E-state index contributed by atoms with van der Waals surface area (Å²) in [5, 5.41) is 11.2. The molecule has 1 rings (SSSR count). The van der Waals surface area contributed by atoms with Gasteiger partial charge in [-0.05, 0) is 24.6 Å². The SMILES string of the molecule is CNC(=O)CNS(=O)(=O)c1cccc(C(=O)O)c1C. The van der Waals surface area contributed by atoms with Gasteiger partial charge in [0.05, 0.1) is 17.0 Å². The van der Waals surface area contributed by atoms with Crippen LogP contribution in [-0.4, -0.2) is 39.0 Å². The largest absolute Gasteiger partial charge is 0.478 e. The second-order valence-corrected chi connectivity index (χ2v) is 5.47. The van der Waals surface area contributed by atoms with Crippen molar-refractivity contribution in [2.75, 3.05) is 13.6 Å². The number of sulfonamides is 1. The molecule has 0 heterocycles. The summed E-state index contributed by atoms with van der Waals surface area (Å²) < 4.78 is 26.0. The summed E-state index contributed by atoms with van der Waals surface area (Å²) in [5.41, 5.74) is 0.0298. The number of amides is 1. The summed E-state index contributed by atoms with van der Waals surface area (Å²) >= 11 is 0. The zero-order valence-corrected chi connectivity index (χ0v) is 11.2. The number of benzene rings is 1. The van der Waals surface area contributed by atoms with E-state index < -0.39 is 28.4 Å². The zero-order chi connectivity index (χ0) is 14.6. The highest BCUT2D eigenvalue weighted by molar-refractivity contribution is 7.89. The van der Waals surface area contributed by atoms with Crippen LogP contribution in [0.4, 0.5) is 0 Å². The molecule has 1 aromatic rings. The van der Waals surface area contributed by atoms with E-state index in [9.17, 15) is 18.0 Å². The van der Waals surface area contributed by atoms with Crippen LogP contribution in [0.2, 0.25) is 0 Å². The van der Waals surface area contributed by atoms with Gasteiger partial charge in [0.25, 0.3) is 0 Å². The van der Waals surface area contributed by atoms with Crippen LogP contribution < -0.4 is 10.0 Å². The molecule has 0 atom stereocenters. The summed E-state index contributed by atoms with van der Waals surface area (Å²) in [7, 11) is -2.54. The Labute approximate surface area is 110 Å². The Morgan fingerprint density at radius 2 is 1.95 bits per heavy atom. The van der Waals surface area contributed by atoms with Crippen molar-refractivity contribution in [1.29, 1.82) is 0 Å². The third-order valence-corrected chi connectivity index (χ3v) is 4.05. The fourth-order valence-corrected chi connectivity index (χ4v) is 2.71. The maximum absolute atomic E-state index is 12.0. The van der Waals surface area contributed by atoms with Crippen molar-refractivity contribution in [3.05, 3.63) is 29.3 Å². The van der Waals surface area contributed by atoms with Crippen molar-refractivity contribution in [3.8, 4) is 0 Å². The van der Waals surface area contributed by atoms with Gasteiger partial charge in [0.15, 0.2) is 0 Å². The molecule has 0 saturated heterocycles. The van der Waals surface area contributed by atoms with E-state index in [0.29, 0.717) is 0 Å². The summed E-state index contributed by atoms with van der Waals surface area (Å²) in [5.74, 6) is -1.70. The van der Waals surface area contributed by atoms with Gasteiger partial charge >= 0.3 is 5.97 Å². The minimum absolute atomic E-state index is 0.0946. The molecule has 104 valence electrons. The van der Waals surface area contributed by atoms with Crippen LogP contribution in [0.1, 0.15) is 15.9 Å². The first-order chi connectivity index (χ1) is 8.79. The van der Waals surface area contributed by atoms with E-state index in [1.54, 1.807) is 0 Å². The molecule has 0 radical (unpaired) electrons. The van der Waals surface area contributed by atoms with Gasteiger partial charge in [-0.15, -0.1) is 0 Å². The molecule has 19 heavy (non-hydrogen) atoms. The van der Waals surface area contributed by atoms with Crippen molar-refractivity contribution < 1.29 is 23.1 Å². The van der Waals surface area contributed by atoms with E-state index in [1.807, 2.05) is 0 Å². The fraction of sp³-hybridized carbons (Fsp3) is 0.273. The van der Waals surface area contributed by atoms with Crippen LogP contribution in [0.3, 0.4) is 0 Å². The van der Waals surface area contributed by atoms with Crippen LogP contribution >= 0.6 is 0 Å². The Kier molecular flexibility index (Phi) is 4.62. The molecule has 1 aromatic carbocycles. The number of carbonyl (C=O) groups excluding carboxylic acids is 1. The Balaban J connectivity index is 3.12. The topological polar surface area (TPSA) is 113 Å². The Bertz CT molecular complexity index is 610. The number of rotatable bonds is 5. The highest BCUT2D eigenvalue weighted by Crippen LogP contribution is 2.18. The van der Waals surface area contributed by atoms with Crippen molar-refractivity contribution >= 4 is 21.9 Å². The van der Waals surface area contributed by atoms with Gasteiger partial charge in [0.1, 0.15) is 0 Å². The first kappa shape index (κ1) is 15.1. The second kappa shape index (κ2) is 5.81. The monoisotopic (exact) mass is 286 g/mol. The summed E-state index contributed by atoms with van der Waals surface area (Å²) in [6.45, 7) is 0.994. The predicted octanol–water partition coefficient (Wildman–Crippen LogP) is -0.282. The van der Waals surface area contributed by atoms with E-state index in [1.165, 1.54) is 32.2 Å². The number of hydrogen-bond acceptors (Lipinski definition) is 4. The normalized spacial score (nSPS) is 11.1. The van der Waals surface area contributed by atoms with Gasteiger partial charge in [-0.25, -0.2) is 17.9 Å². The number of carboxylic acids is 1. The summed E-state index contributed by atoms with van der Waals surface area (Å²) in [6.07, 6.45) is 0. The maximum atomic E-state index is 12.0. The number of aromatic carboxylic acids is 1. The molecule has 1 amide bonds. The molecule has 0 spiro atoms. The first-order valence-corrected chi connectivity index (χ1v) is 6.81. The lowest BCUT2D eigenvalue weighted by Gasteiger charge is -2.10. The van der Waals surface area contributed by atoms with E-state index in [0.717, 1.165) is 0 Å². The number of carboxylic acid groups (broad SMARTS) is 1. The summed E-state index contributed by atoms with van der Waals surface area (Å²) in [6, 6.07) is 3.94. The number of carbonyl (C=O) groups is 2. The quantitative estimate of drug-likeness (QED) is 0.689. The smallest absolute Gasteiger partial charge is 0.335 e. The molecule has 0 aliphatic heterocycles. The average Bonchev–Trinajstić information content (AvgIpc) is 2.35. The highest BCUT2D eigenvalue weighted by atomic mass is 32.2. The lowest BCUT2D eigenvalue weighted by atomic mass is 10.1. The number of nitrogens with one attached hydrogen (secondary N) is 2. The van der Waals surface area contributed by atoms with Gasteiger partial charge in [0, 0.05) is 7.05 Å². The molecule has 0 aromatic heterocycles. The van der Waals surface area contributed by atoms with Crippen LogP contribution in [0.15, 0.2) is 23.1 Å². The molecule has 0 aliphatic carbocycles. The third-order valence-electron chi connectivity index (χ3n) is 2.51. The average molecular weight is 286 g/mol. The molecule has 8 heteroatoms. The van der Waals surface area contributed by atoms with Gasteiger partial charge in [-0.1, -0.05) is 6.07 Å². The molecule has 0 saturated carbocycles. The van der Waals surface area contributed by atoms with Crippen molar-refractivity contribution in [2.45, 2.75) is 11.8 Å². The van der Waals surface area contributed by atoms with Crippen molar-refractivity contribution in [1.82, 2.24) is 10.0 Å². The summed E-state index contributed by atoms with van der Waals surface area (Å²) in [4.78, 5) is 21.8. The predicted molar refractivity (Wildman–Crippen MR) is 67.4 cm³/mol. The van der Waals surface area contributed by atoms with Crippen LogP contribution in [0, 0.1) is 6.92 Å². The standard InChI is InChI=1S/C11H14N2O5S/c1-7-8(11(15)16)4-3-5-9(7)19(17,18)13-6-10(14)12-2/h3-5,13H,6H2,1-2H3,(H,12,14)(H,15,16). The second-order valence-electron chi connectivity index (χ2n) is 3.73. The number of likely N-dealkylation sites (N-methyl/N-ethyl adjacent to an activating group) is 1. The van der Waals surface area contributed by atoms with E-state index in [4.69, 9.17) is 5.11 Å². The molecule has 0 unspecified atom stereocenters. The third kappa shape index (κ3) is 3.52. The molecular formula is C11H14N2O5S. The van der Waals surface area contributed by atoms with E-state index in [2.05, 4.69) is 10.0 Å². The maximum Gasteiger partial charge on any atom is 0.335 e. The molecule has 0 aliphatic rings. The minimum atomic E-state index is -3.93.